The Morgan fingerprint density at radius 1 is 1.15 bits per heavy atom. The Kier molecular flexibility index (Phi) is 6.44. The third-order valence-electron chi connectivity index (χ3n) is 5.96. The van der Waals surface area contributed by atoms with E-state index in [0.29, 0.717) is 12.6 Å². The summed E-state index contributed by atoms with van der Waals surface area (Å²) in [7, 11) is 0. The van der Waals surface area contributed by atoms with Gasteiger partial charge in [-0.25, -0.2) is 0 Å². The van der Waals surface area contributed by atoms with Crippen molar-refractivity contribution in [1.82, 2.24) is 14.7 Å². The van der Waals surface area contributed by atoms with E-state index in [2.05, 4.69) is 16.7 Å². The van der Waals surface area contributed by atoms with E-state index < -0.39 is 0 Å². The number of nitrogens with zero attached hydrogens (tertiary/aromatic N) is 4. The fourth-order valence-corrected chi connectivity index (χ4v) is 4.14. The highest BCUT2D eigenvalue weighted by Gasteiger charge is 2.26. The van der Waals surface area contributed by atoms with Crippen molar-refractivity contribution in [2.75, 3.05) is 39.3 Å². The summed E-state index contributed by atoms with van der Waals surface area (Å²) >= 11 is 0. The normalized spacial score (nSPS) is 22.0. The molecule has 2 aliphatic heterocycles. The first-order valence-electron chi connectivity index (χ1n) is 9.93. The summed E-state index contributed by atoms with van der Waals surface area (Å²) in [5.41, 5.74) is 1.95. The summed E-state index contributed by atoms with van der Waals surface area (Å²) in [6, 6.07) is 5.65. The molecule has 2 saturated heterocycles. The third-order valence-corrected chi connectivity index (χ3v) is 5.96. The molecule has 0 saturated carbocycles. The van der Waals surface area contributed by atoms with Crippen molar-refractivity contribution in [3.05, 3.63) is 39.4 Å². The van der Waals surface area contributed by atoms with E-state index in [1.165, 1.54) is 6.42 Å². The predicted molar refractivity (Wildman–Crippen MR) is 105 cm³/mol. The fraction of sp³-hybridized carbons (Fsp3) is 0.650. The fourth-order valence-electron chi connectivity index (χ4n) is 4.14. The number of nitro benzene ring substituents is 1. The van der Waals surface area contributed by atoms with Gasteiger partial charge in [-0.05, 0) is 38.7 Å². The average molecular weight is 374 g/mol. The van der Waals surface area contributed by atoms with Crippen LogP contribution in [0.5, 0.6) is 0 Å². The molecule has 2 fully saturated rings. The molecule has 2 heterocycles. The van der Waals surface area contributed by atoms with Gasteiger partial charge in [0, 0.05) is 56.9 Å². The summed E-state index contributed by atoms with van der Waals surface area (Å²) in [4.78, 5) is 30.0. The molecular weight excluding hydrogens is 344 g/mol. The van der Waals surface area contributed by atoms with Crippen molar-refractivity contribution in [2.24, 2.45) is 0 Å². The molecule has 0 spiro atoms. The maximum atomic E-state index is 12.6. The number of benzene rings is 1. The molecule has 1 amide bonds. The zero-order valence-electron chi connectivity index (χ0n) is 16.4. The summed E-state index contributed by atoms with van der Waals surface area (Å²) < 4.78 is 0. The van der Waals surface area contributed by atoms with Crippen LogP contribution in [-0.2, 0) is 11.3 Å². The summed E-state index contributed by atoms with van der Waals surface area (Å²) in [6.45, 7) is 9.58. The van der Waals surface area contributed by atoms with Gasteiger partial charge in [0.05, 0.1) is 11.5 Å². The molecule has 3 rings (SSSR count). The second-order valence-corrected chi connectivity index (χ2v) is 7.80. The summed E-state index contributed by atoms with van der Waals surface area (Å²) in [5, 5.41) is 11.1. The van der Waals surface area contributed by atoms with Crippen LogP contribution in [0, 0.1) is 17.0 Å². The Balaban J connectivity index is 1.50. The second-order valence-electron chi connectivity index (χ2n) is 7.80. The van der Waals surface area contributed by atoms with E-state index in [9.17, 15) is 14.9 Å². The lowest BCUT2D eigenvalue weighted by Gasteiger charge is -2.38. The molecule has 7 heteroatoms. The van der Waals surface area contributed by atoms with Crippen LogP contribution in [0.15, 0.2) is 18.2 Å². The lowest BCUT2D eigenvalue weighted by atomic mass is 10.0. The largest absolute Gasteiger partial charge is 0.339 e. The van der Waals surface area contributed by atoms with Gasteiger partial charge in [0.25, 0.3) is 5.69 Å². The highest BCUT2D eigenvalue weighted by atomic mass is 16.6. The number of hydrogen-bond donors (Lipinski definition) is 0. The Labute approximate surface area is 161 Å². The van der Waals surface area contributed by atoms with E-state index in [1.807, 2.05) is 17.9 Å². The molecule has 2 aliphatic rings. The number of amides is 1. The van der Waals surface area contributed by atoms with Crippen molar-refractivity contribution >= 4 is 11.6 Å². The molecular formula is C20H30N4O3. The van der Waals surface area contributed by atoms with E-state index in [-0.39, 0.29) is 16.5 Å². The minimum atomic E-state index is -0.316. The molecule has 7 nitrogen and oxygen atoms in total. The maximum Gasteiger partial charge on any atom is 0.272 e. The van der Waals surface area contributed by atoms with Crippen LogP contribution < -0.4 is 0 Å². The van der Waals surface area contributed by atoms with Gasteiger partial charge in [0.1, 0.15) is 0 Å². The monoisotopic (exact) mass is 374 g/mol. The van der Waals surface area contributed by atoms with Gasteiger partial charge in [0.2, 0.25) is 5.91 Å². The lowest BCUT2D eigenvalue weighted by Crippen LogP contribution is -2.51. The van der Waals surface area contributed by atoms with E-state index in [4.69, 9.17) is 0 Å². The highest BCUT2D eigenvalue weighted by molar-refractivity contribution is 5.78. The van der Waals surface area contributed by atoms with E-state index in [1.54, 1.807) is 12.1 Å². The SMILES string of the molecule is Cc1c(CN2CCN(CC(=O)N3CCCCC3C)CC2)cccc1[N+](=O)[O-]. The van der Waals surface area contributed by atoms with Gasteiger partial charge >= 0.3 is 0 Å². The molecule has 1 aromatic rings. The van der Waals surface area contributed by atoms with Crippen molar-refractivity contribution < 1.29 is 9.72 Å². The van der Waals surface area contributed by atoms with Gasteiger partial charge in [-0.1, -0.05) is 12.1 Å². The van der Waals surface area contributed by atoms with Crippen molar-refractivity contribution in [3.8, 4) is 0 Å². The Morgan fingerprint density at radius 3 is 2.52 bits per heavy atom. The van der Waals surface area contributed by atoms with Crippen LogP contribution >= 0.6 is 0 Å². The zero-order valence-corrected chi connectivity index (χ0v) is 16.4. The number of carbonyl (C=O) groups is 1. The third kappa shape index (κ3) is 4.84. The number of piperazine rings is 1. The maximum absolute atomic E-state index is 12.6. The topological polar surface area (TPSA) is 69.9 Å². The van der Waals surface area contributed by atoms with Gasteiger partial charge in [-0.3, -0.25) is 24.7 Å². The molecule has 0 aliphatic carbocycles. The summed E-state index contributed by atoms with van der Waals surface area (Å²) in [5.74, 6) is 0.255. The van der Waals surface area contributed by atoms with E-state index in [0.717, 1.165) is 63.2 Å². The Bertz CT molecular complexity index is 686. The van der Waals surface area contributed by atoms with Crippen LogP contribution in [0.3, 0.4) is 0 Å². The minimum Gasteiger partial charge on any atom is -0.339 e. The van der Waals surface area contributed by atoms with Crippen LogP contribution in [0.2, 0.25) is 0 Å². The number of rotatable bonds is 5. The number of nitro groups is 1. The molecule has 0 bridgehead atoms. The Hall–Kier alpha value is -1.99. The minimum absolute atomic E-state index is 0.187. The van der Waals surface area contributed by atoms with Gasteiger partial charge in [-0.15, -0.1) is 0 Å². The number of hydrogen-bond acceptors (Lipinski definition) is 5. The van der Waals surface area contributed by atoms with Crippen LogP contribution in [0.25, 0.3) is 0 Å². The molecule has 1 atom stereocenters. The number of piperidine rings is 1. The standard InChI is InChI=1S/C20H30N4O3/c1-16-6-3-4-9-23(16)20(25)15-22-12-10-21(11-13-22)14-18-7-5-8-19(17(18)2)24(26)27/h5,7-8,16H,3-4,6,9-15H2,1-2H3. The Morgan fingerprint density at radius 2 is 1.85 bits per heavy atom. The second kappa shape index (κ2) is 8.80. The average Bonchev–Trinajstić information content (AvgIpc) is 2.65. The summed E-state index contributed by atoms with van der Waals surface area (Å²) in [6.07, 6.45) is 3.45. The molecule has 0 N–H and O–H groups in total. The van der Waals surface area contributed by atoms with Crippen molar-refractivity contribution in [3.63, 3.8) is 0 Å². The van der Waals surface area contributed by atoms with Crippen LogP contribution in [0.1, 0.15) is 37.3 Å². The van der Waals surface area contributed by atoms with Gasteiger partial charge < -0.3 is 4.90 Å². The number of likely N-dealkylation sites (tertiary alicyclic amines) is 1. The first kappa shape index (κ1) is 19.8. The smallest absolute Gasteiger partial charge is 0.272 e. The number of carbonyl (C=O) groups excluding carboxylic acids is 1. The van der Waals surface area contributed by atoms with Crippen molar-refractivity contribution in [1.29, 1.82) is 0 Å². The van der Waals surface area contributed by atoms with Gasteiger partial charge in [-0.2, -0.15) is 0 Å². The zero-order chi connectivity index (χ0) is 19.4. The molecule has 27 heavy (non-hydrogen) atoms. The predicted octanol–water partition coefficient (Wildman–Crippen LogP) is 2.42. The van der Waals surface area contributed by atoms with Crippen LogP contribution in [-0.4, -0.2) is 70.8 Å². The quantitative estimate of drug-likeness (QED) is 0.585. The van der Waals surface area contributed by atoms with E-state index >= 15 is 0 Å². The van der Waals surface area contributed by atoms with Gasteiger partial charge in [0.15, 0.2) is 0 Å². The molecule has 1 aromatic carbocycles. The highest BCUT2D eigenvalue weighted by Crippen LogP contribution is 2.23. The first-order valence-corrected chi connectivity index (χ1v) is 9.93. The molecule has 0 radical (unpaired) electrons. The first-order chi connectivity index (χ1) is 13.0. The lowest BCUT2D eigenvalue weighted by molar-refractivity contribution is -0.385. The van der Waals surface area contributed by atoms with Crippen LogP contribution in [0.4, 0.5) is 5.69 Å². The molecule has 0 aromatic heterocycles. The molecule has 148 valence electrons. The van der Waals surface area contributed by atoms with Crippen molar-refractivity contribution in [2.45, 2.75) is 45.7 Å². The molecule has 1 unspecified atom stereocenters.